The first kappa shape index (κ1) is 17.1. The minimum Gasteiger partial charge on any atom is -0.493 e. The number of hydrogen-bond donors (Lipinski definition) is 0. The van der Waals surface area contributed by atoms with E-state index < -0.39 is 6.09 Å². The lowest BCUT2D eigenvalue weighted by atomic mass is 9.86. The molecule has 1 aromatic rings. The molecule has 1 saturated heterocycles. The third kappa shape index (κ3) is 3.57. The number of benzene rings is 1. The Balaban J connectivity index is 2.19. The zero-order chi connectivity index (χ0) is 17.2. The number of hydrogen-bond acceptors (Lipinski definition) is 5. The highest BCUT2D eigenvalue weighted by molar-refractivity contribution is 5.94. The third-order valence-corrected chi connectivity index (χ3v) is 3.94. The number of carbonyl (C=O) groups is 2. The van der Waals surface area contributed by atoms with Crippen molar-refractivity contribution < 1.29 is 23.8 Å². The zero-order valence-electron chi connectivity index (χ0n) is 14.2. The molecule has 1 aliphatic rings. The molecule has 0 N–H and O–H groups in total. The van der Waals surface area contributed by atoms with Crippen LogP contribution in [0.4, 0.5) is 4.79 Å². The molecule has 1 atom stereocenters. The van der Waals surface area contributed by atoms with E-state index in [9.17, 15) is 9.59 Å². The molecule has 1 aromatic carbocycles. The fourth-order valence-corrected chi connectivity index (χ4v) is 2.58. The van der Waals surface area contributed by atoms with Gasteiger partial charge in [0.05, 0.1) is 26.7 Å². The molecule has 0 aliphatic carbocycles. The molecule has 1 fully saturated rings. The van der Waals surface area contributed by atoms with Gasteiger partial charge >= 0.3 is 6.09 Å². The summed E-state index contributed by atoms with van der Waals surface area (Å²) in [6.07, 6.45) is -0.474. The lowest BCUT2D eigenvalue weighted by Crippen LogP contribution is -2.46. The van der Waals surface area contributed by atoms with Crippen LogP contribution in [0.15, 0.2) is 18.2 Å². The Kier molecular flexibility index (Phi) is 4.82. The minimum atomic E-state index is -0.574. The van der Waals surface area contributed by atoms with Crippen LogP contribution in [0.25, 0.3) is 0 Å². The summed E-state index contributed by atoms with van der Waals surface area (Å²) in [6.45, 7) is 6.18. The number of ether oxygens (including phenoxy) is 3. The highest BCUT2D eigenvalue weighted by Gasteiger charge is 2.43. The maximum atomic E-state index is 12.6. The molecule has 126 valence electrons. The van der Waals surface area contributed by atoms with Crippen LogP contribution in [0.5, 0.6) is 11.5 Å². The van der Waals surface area contributed by atoms with E-state index in [1.165, 1.54) is 12.0 Å². The van der Waals surface area contributed by atoms with Gasteiger partial charge in [0.2, 0.25) is 5.91 Å². The summed E-state index contributed by atoms with van der Waals surface area (Å²) in [5, 5.41) is 0. The highest BCUT2D eigenvalue weighted by atomic mass is 16.6. The van der Waals surface area contributed by atoms with Gasteiger partial charge in [0.25, 0.3) is 0 Å². The topological polar surface area (TPSA) is 65.1 Å². The van der Waals surface area contributed by atoms with Crippen LogP contribution in [-0.2, 0) is 16.0 Å². The molecule has 0 spiro atoms. The number of rotatable bonds is 4. The fraction of sp³-hybridized carbons (Fsp3) is 0.529. The van der Waals surface area contributed by atoms with Crippen LogP contribution < -0.4 is 9.47 Å². The largest absolute Gasteiger partial charge is 0.493 e. The molecule has 0 bridgehead atoms. The molecule has 0 saturated carbocycles. The van der Waals surface area contributed by atoms with Crippen LogP contribution in [0.2, 0.25) is 0 Å². The first-order chi connectivity index (χ1) is 10.8. The van der Waals surface area contributed by atoms with Crippen molar-refractivity contribution in [2.75, 3.05) is 20.8 Å². The first-order valence-corrected chi connectivity index (χ1v) is 7.47. The van der Waals surface area contributed by atoms with Gasteiger partial charge in [-0.25, -0.2) is 9.69 Å². The van der Waals surface area contributed by atoms with Crippen molar-refractivity contribution in [3.63, 3.8) is 0 Å². The second kappa shape index (κ2) is 6.48. The Bertz CT molecular complexity index is 605. The van der Waals surface area contributed by atoms with Gasteiger partial charge in [-0.3, -0.25) is 4.79 Å². The van der Waals surface area contributed by atoms with Gasteiger partial charge in [0.1, 0.15) is 6.61 Å². The standard InChI is InChI=1S/C17H23NO5/c1-17(2,3)14-10-23-16(20)18(14)15(19)9-11-6-7-12(21-4)13(8-11)22-5/h6-8,14H,9-10H2,1-5H3/t14-/m1/s1. The fourth-order valence-electron chi connectivity index (χ4n) is 2.58. The summed E-state index contributed by atoms with van der Waals surface area (Å²) in [6, 6.07) is 5.00. The van der Waals surface area contributed by atoms with E-state index >= 15 is 0 Å². The number of carbonyl (C=O) groups excluding carboxylic acids is 2. The van der Waals surface area contributed by atoms with Gasteiger partial charge in [-0.05, 0) is 23.1 Å². The van der Waals surface area contributed by atoms with Gasteiger partial charge < -0.3 is 14.2 Å². The van der Waals surface area contributed by atoms with Crippen molar-refractivity contribution >= 4 is 12.0 Å². The molecular weight excluding hydrogens is 298 g/mol. The molecule has 2 rings (SSSR count). The van der Waals surface area contributed by atoms with E-state index in [-0.39, 0.29) is 30.4 Å². The van der Waals surface area contributed by atoms with Gasteiger partial charge in [-0.15, -0.1) is 0 Å². The molecule has 23 heavy (non-hydrogen) atoms. The highest BCUT2D eigenvalue weighted by Crippen LogP contribution is 2.31. The normalized spacial score (nSPS) is 17.9. The SMILES string of the molecule is COc1ccc(CC(=O)N2C(=O)OC[C@@H]2C(C)(C)C)cc1OC. The molecule has 1 aliphatic heterocycles. The lowest BCUT2D eigenvalue weighted by Gasteiger charge is -2.30. The Labute approximate surface area is 136 Å². The molecule has 0 unspecified atom stereocenters. The summed E-state index contributed by atoms with van der Waals surface area (Å²) in [7, 11) is 3.09. The molecule has 2 amide bonds. The predicted molar refractivity (Wildman–Crippen MR) is 84.7 cm³/mol. The van der Waals surface area contributed by atoms with E-state index in [0.717, 1.165) is 5.56 Å². The number of amides is 2. The number of imide groups is 1. The lowest BCUT2D eigenvalue weighted by molar-refractivity contribution is -0.129. The van der Waals surface area contributed by atoms with E-state index in [0.29, 0.717) is 11.5 Å². The van der Waals surface area contributed by atoms with Crippen molar-refractivity contribution in [3.05, 3.63) is 23.8 Å². The Morgan fingerprint density at radius 2 is 1.91 bits per heavy atom. The van der Waals surface area contributed by atoms with E-state index in [4.69, 9.17) is 14.2 Å². The van der Waals surface area contributed by atoms with E-state index in [1.54, 1.807) is 25.3 Å². The Morgan fingerprint density at radius 1 is 1.26 bits per heavy atom. The summed E-state index contributed by atoms with van der Waals surface area (Å²) in [4.78, 5) is 25.7. The van der Waals surface area contributed by atoms with Gasteiger partial charge in [0.15, 0.2) is 11.5 Å². The van der Waals surface area contributed by atoms with Crippen LogP contribution in [0.1, 0.15) is 26.3 Å². The van der Waals surface area contributed by atoms with Crippen molar-refractivity contribution in [3.8, 4) is 11.5 Å². The van der Waals surface area contributed by atoms with Crippen LogP contribution in [0, 0.1) is 5.41 Å². The quantitative estimate of drug-likeness (QED) is 0.853. The summed E-state index contributed by atoms with van der Waals surface area (Å²) >= 11 is 0. The molecule has 0 radical (unpaired) electrons. The average molecular weight is 321 g/mol. The smallest absolute Gasteiger partial charge is 0.417 e. The molecule has 1 heterocycles. The first-order valence-electron chi connectivity index (χ1n) is 7.47. The summed E-state index contributed by atoms with van der Waals surface area (Å²) in [5.41, 5.74) is 0.513. The molecule has 6 heteroatoms. The van der Waals surface area contributed by atoms with Crippen LogP contribution in [0.3, 0.4) is 0 Å². The summed E-state index contributed by atoms with van der Waals surface area (Å²) < 4.78 is 15.5. The van der Waals surface area contributed by atoms with E-state index in [1.807, 2.05) is 20.8 Å². The second-order valence-corrected chi connectivity index (χ2v) is 6.59. The molecule has 6 nitrogen and oxygen atoms in total. The van der Waals surface area contributed by atoms with Crippen molar-refractivity contribution in [1.29, 1.82) is 0 Å². The van der Waals surface area contributed by atoms with Crippen molar-refractivity contribution in [2.24, 2.45) is 5.41 Å². The molecule has 0 aromatic heterocycles. The Hall–Kier alpha value is -2.24. The summed E-state index contributed by atoms with van der Waals surface area (Å²) in [5.74, 6) is 0.866. The third-order valence-electron chi connectivity index (χ3n) is 3.94. The average Bonchev–Trinajstić information content (AvgIpc) is 2.89. The molecular formula is C17H23NO5. The van der Waals surface area contributed by atoms with Gasteiger partial charge in [-0.2, -0.15) is 0 Å². The number of nitrogens with zero attached hydrogens (tertiary/aromatic N) is 1. The van der Waals surface area contributed by atoms with Crippen LogP contribution in [-0.4, -0.2) is 43.8 Å². The van der Waals surface area contributed by atoms with E-state index in [2.05, 4.69) is 0 Å². The van der Waals surface area contributed by atoms with Crippen molar-refractivity contribution in [1.82, 2.24) is 4.90 Å². The zero-order valence-corrected chi connectivity index (χ0v) is 14.2. The maximum absolute atomic E-state index is 12.6. The van der Waals surface area contributed by atoms with Crippen LogP contribution >= 0.6 is 0 Å². The van der Waals surface area contributed by atoms with Gasteiger partial charge in [-0.1, -0.05) is 26.8 Å². The minimum absolute atomic E-state index is 0.0992. The number of methoxy groups -OCH3 is 2. The second-order valence-electron chi connectivity index (χ2n) is 6.59. The number of cyclic esters (lactones) is 1. The Morgan fingerprint density at radius 3 is 2.48 bits per heavy atom. The predicted octanol–water partition coefficient (Wildman–Crippen LogP) is 2.64. The monoisotopic (exact) mass is 321 g/mol. The maximum Gasteiger partial charge on any atom is 0.417 e. The van der Waals surface area contributed by atoms with Crippen molar-refractivity contribution in [2.45, 2.75) is 33.2 Å². The van der Waals surface area contributed by atoms with Gasteiger partial charge in [0, 0.05) is 0 Å².